The average molecular weight is 459 g/mol. The van der Waals surface area contributed by atoms with Crippen LogP contribution in [0.3, 0.4) is 0 Å². The predicted octanol–water partition coefficient (Wildman–Crippen LogP) is 1.24. The Morgan fingerprint density at radius 2 is 2.00 bits per heavy atom. The van der Waals surface area contributed by atoms with Gasteiger partial charge in [-0.2, -0.15) is 5.10 Å². The maximum Gasteiger partial charge on any atom is 0.271 e. The number of nitrogens with one attached hydrogen (secondary N) is 2. The van der Waals surface area contributed by atoms with Crippen LogP contribution in [0.15, 0.2) is 23.0 Å². The molecule has 0 bridgehead atoms. The van der Waals surface area contributed by atoms with E-state index in [2.05, 4.69) is 10.2 Å². The number of piperazine rings is 1. The molecule has 10 heteroatoms. The van der Waals surface area contributed by atoms with Crippen molar-refractivity contribution >= 4 is 23.9 Å². The lowest BCUT2D eigenvalue weighted by atomic mass is 10.0. The molecular formula is C23H24F3N5O2. The molecule has 1 aromatic carbocycles. The number of carbonyl (C=O) groups is 1. The van der Waals surface area contributed by atoms with Crippen molar-refractivity contribution in [2.75, 3.05) is 19.6 Å². The van der Waals surface area contributed by atoms with Crippen LogP contribution in [0.25, 0.3) is 12.2 Å². The fourth-order valence-corrected chi connectivity index (χ4v) is 4.36. The molecular weight excluding hydrogens is 435 g/mol. The molecule has 1 fully saturated rings. The van der Waals surface area contributed by atoms with Crippen LogP contribution in [0.2, 0.25) is 0 Å². The predicted molar refractivity (Wildman–Crippen MR) is 117 cm³/mol. The minimum absolute atomic E-state index is 0.102. The van der Waals surface area contributed by atoms with E-state index in [1.54, 1.807) is 13.0 Å². The van der Waals surface area contributed by atoms with Gasteiger partial charge in [0.1, 0.15) is 11.7 Å². The number of fused-ring (bicyclic) bond motifs is 1. The van der Waals surface area contributed by atoms with Gasteiger partial charge in [0, 0.05) is 29.4 Å². The van der Waals surface area contributed by atoms with Crippen LogP contribution >= 0.6 is 0 Å². The normalized spacial score (nSPS) is 18.1. The summed E-state index contributed by atoms with van der Waals surface area (Å²) >= 11 is 0. The molecule has 1 aromatic heterocycles. The van der Waals surface area contributed by atoms with Crippen molar-refractivity contribution in [3.05, 3.63) is 61.6 Å². The fourth-order valence-electron chi connectivity index (χ4n) is 4.36. The van der Waals surface area contributed by atoms with Crippen molar-refractivity contribution in [1.82, 2.24) is 20.0 Å². The highest BCUT2D eigenvalue weighted by molar-refractivity contribution is 5.98. The maximum atomic E-state index is 14.6. The van der Waals surface area contributed by atoms with Gasteiger partial charge in [0.05, 0.1) is 24.3 Å². The maximum absolute atomic E-state index is 14.6. The Morgan fingerprint density at radius 3 is 2.70 bits per heavy atom. The molecule has 174 valence electrons. The van der Waals surface area contributed by atoms with Gasteiger partial charge in [-0.3, -0.25) is 15.0 Å². The van der Waals surface area contributed by atoms with Crippen LogP contribution in [0.5, 0.6) is 0 Å². The Hall–Kier alpha value is -3.43. The molecule has 0 radical (unpaired) electrons. The van der Waals surface area contributed by atoms with E-state index in [1.165, 1.54) is 21.9 Å². The van der Waals surface area contributed by atoms with Crippen molar-refractivity contribution in [3.63, 3.8) is 0 Å². The lowest BCUT2D eigenvalue weighted by Crippen LogP contribution is -2.57. The van der Waals surface area contributed by atoms with E-state index in [0.717, 1.165) is 18.1 Å². The molecule has 1 aliphatic carbocycles. The van der Waals surface area contributed by atoms with E-state index < -0.39 is 30.7 Å². The smallest absolute Gasteiger partial charge is 0.271 e. The second-order valence-electron chi connectivity index (χ2n) is 8.33. The van der Waals surface area contributed by atoms with Crippen molar-refractivity contribution in [2.24, 2.45) is 0 Å². The number of alkyl halides is 2. The van der Waals surface area contributed by atoms with E-state index in [1.807, 2.05) is 12.2 Å². The molecule has 0 spiro atoms. The van der Waals surface area contributed by atoms with Gasteiger partial charge < -0.3 is 9.80 Å². The van der Waals surface area contributed by atoms with Gasteiger partial charge in [-0.1, -0.05) is 18.2 Å². The third-order valence-corrected chi connectivity index (χ3v) is 5.96. The van der Waals surface area contributed by atoms with Crippen LogP contribution in [0.1, 0.15) is 41.4 Å². The van der Waals surface area contributed by atoms with Gasteiger partial charge >= 0.3 is 0 Å². The molecule has 1 saturated heterocycles. The molecule has 0 saturated carbocycles. The molecule has 7 nitrogen and oxygen atoms in total. The number of aromatic amines is 1. The molecule has 33 heavy (non-hydrogen) atoms. The Labute approximate surface area is 187 Å². The van der Waals surface area contributed by atoms with Gasteiger partial charge in [-0.05, 0) is 37.5 Å². The number of amides is 1. The van der Waals surface area contributed by atoms with Gasteiger partial charge in [0.25, 0.3) is 17.9 Å². The largest absolute Gasteiger partial charge is 0.349 e. The molecule has 1 aliphatic heterocycles. The molecule has 2 N–H and O–H groups in total. The van der Waals surface area contributed by atoms with E-state index >= 15 is 0 Å². The molecule has 1 atom stereocenters. The summed E-state index contributed by atoms with van der Waals surface area (Å²) in [4.78, 5) is 27.7. The van der Waals surface area contributed by atoms with Crippen LogP contribution in [-0.4, -0.2) is 63.8 Å². The number of aromatic nitrogens is 2. The van der Waals surface area contributed by atoms with Crippen molar-refractivity contribution in [2.45, 2.75) is 38.7 Å². The highest BCUT2D eigenvalue weighted by Gasteiger charge is 2.32. The number of halogens is 3. The number of amidine groups is 1. The summed E-state index contributed by atoms with van der Waals surface area (Å²) in [5, 5.41) is 16.0. The second-order valence-corrected chi connectivity index (χ2v) is 8.33. The number of carbonyl (C=O) groups excluding carboxylic acids is 1. The first-order chi connectivity index (χ1) is 15.7. The zero-order valence-electron chi connectivity index (χ0n) is 18.1. The summed E-state index contributed by atoms with van der Waals surface area (Å²) in [7, 11) is 0. The highest BCUT2D eigenvalue weighted by Crippen LogP contribution is 2.19. The Bertz CT molecular complexity index is 1270. The number of hydrogen-bond donors (Lipinski definition) is 2. The summed E-state index contributed by atoms with van der Waals surface area (Å²) < 4.78 is 40.2. The first kappa shape index (κ1) is 22.8. The number of hydrogen-bond acceptors (Lipinski definition) is 4. The Morgan fingerprint density at radius 1 is 1.27 bits per heavy atom. The fraction of sp³-hybridized carbons (Fsp3) is 0.391. The summed E-state index contributed by atoms with van der Waals surface area (Å²) in [6.45, 7) is 1.02. The third-order valence-electron chi connectivity index (χ3n) is 5.96. The average Bonchev–Trinajstić information content (AvgIpc) is 2.79. The quantitative estimate of drug-likeness (QED) is 0.704. The van der Waals surface area contributed by atoms with Gasteiger partial charge in [0.15, 0.2) is 0 Å². The second kappa shape index (κ2) is 9.21. The van der Waals surface area contributed by atoms with Crippen LogP contribution < -0.4 is 16.0 Å². The first-order valence-corrected chi connectivity index (χ1v) is 10.7. The summed E-state index contributed by atoms with van der Waals surface area (Å²) in [5.41, 5.74) is 0.854. The van der Waals surface area contributed by atoms with E-state index in [9.17, 15) is 22.8 Å². The van der Waals surface area contributed by atoms with Crippen LogP contribution in [0, 0.1) is 11.2 Å². The van der Waals surface area contributed by atoms with E-state index in [-0.39, 0.29) is 30.0 Å². The zero-order chi connectivity index (χ0) is 23.7. The monoisotopic (exact) mass is 459 g/mol. The molecule has 2 aromatic rings. The van der Waals surface area contributed by atoms with Crippen molar-refractivity contribution in [3.8, 4) is 0 Å². The van der Waals surface area contributed by atoms with Crippen LogP contribution in [-0.2, 0) is 6.42 Å². The number of nitrogens with zero attached hydrogens (tertiary/aromatic N) is 3. The first-order valence-electron chi connectivity index (χ1n) is 10.7. The molecule has 1 unspecified atom stereocenters. The van der Waals surface area contributed by atoms with Gasteiger partial charge in [-0.15, -0.1) is 0 Å². The summed E-state index contributed by atoms with van der Waals surface area (Å²) in [6.07, 6.45) is 3.08. The summed E-state index contributed by atoms with van der Waals surface area (Å²) in [6, 6.07) is 3.73. The standard InChI is InChI=1S/C23H24F3N5O2/c1-13-10-30(12-21(27)31(13)11-20(25)26)23(33)17-8-14(6-7-18(17)24)9-19-15-4-2-3-5-16(15)22(32)29-28-19/h4-8,13,20,27H,2-3,9-12H2,1H3,(H,29,32). The highest BCUT2D eigenvalue weighted by atomic mass is 19.3. The topological polar surface area (TPSA) is 93.1 Å². The van der Waals surface area contributed by atoms with Crippen molar-refractivity contribution < 1.29 is 18.0 Å². The van der Waals surface area contributed by atoms with Crippen LogP contribution in [0.4, 0.5) is 13.2 Å². The molecule has 4 rings (SSSR count). The minimum Gasteiger partial charge on any atom is -0.349 e. The third kappa shape index (κ3) is 4.69. The molecule has 1 amide bonds. The van der Waals surface area contributed by atoms with E-state index in [0.29, 0.717) is 22.9 Å². The number of rotatable bonds is 5. The van der Waals surface area contributed by atoms with Gasteiger partial charge in [0.2, 0.25) is 0 Å². The molecule has 2 heterocycles. The SMILES string of the molecule is CC1CN(C(=O)c2cc(Cc3n[nH]c(=O)c4c3=CCCC=4)ccc2F)CC(=N)N1CC(F)F. The lowest BCUT2D eigenvalue weighted by Gasteiger charge is -2.41. The zero-order valence-corrected chi connectivity index (χ0v) is 18.1. The summed E-state index contributed by atoms with van der Waals surface area (Å²) in [5.74, 6) is -1.40. The Balaban J connectivity index is 1.58. The Kier molecular flexibility index (Phi) is 6.35. The van der Waals surface area contributed by atoms with Gasteiger partial charge in [-0.25, -0.2) is 18.3 Å². The lowest BCUT2D eigenvalue weighted by molar-refractivity contribution is 0.0605. The number of H-pyrrole nitrogens is 1. The van der Waals surface area contributed by atoms with Crippen molar-refractivity contribution in [1.29, 1.82) is 5.41 Å². The number of benzene rings is 1. The minimum atomic E-state index is -2.59. The molecule has 2 aliphatic rings. The van der Waals surface area contributed by atoms with E-state index in [4.69, 9.17) is 5.41 Å².